The van der Waals surface area contributed by atoms with Crippen LogP contribution in [0.25, 0.3) is 11.0 Å². The molecule has 22 heavy (non-hydrogen) atoms. The molecule has 7 heteroatoms. The summed E-state index contributed by atoms with van der Waals surface area (Å²) in [6.45, 7) is 0. The van der Waals surface area contributed by atoms with Crippen LogP contribution in [0.15, 0.2) is 35.6 Å². The molecule has 3 aromatic rings. The first-order valence-corrected chi connectivity index (χ1v) is 8.02. The molecule has 0 amide bonds. The minimum atomic E-state index is -0.206. The molecule has 5 nitrogen and oxygen atoms in total. The summed E-state index contributed by atoms with van der Waals surface area (Å²) in [5.74, 6) is 1.53. The van der Waals surface area contributed by atoms with Gasteiger partial charge in [0.05, 0.1) is 17.6 Å². The van der Waals surface area contributed by atoms with Gasteiger partial charge in [0.15, 0.2) is 5.65 Å². The second-order valence-electron chi connectivity index (χ2n) is 5.24. The maximum Gasteiger partial charge on any atom is 0.163 e. The van der Waals surface area contributed by atoms with E-state index in [-0.39, 0.29) is 11.9 Å². The third-order valence-corrected chi connectivity index (χ3v) is 4.97. The average molecular weight is 315 g/mol. The highest BCUT2D eigenvalue weighted by molar-refractivity contribution is 7.99. The van der Waals surface area contributed by atoms with Crippen LogP contribution >= 0.6 is 11.8 Å². The number of nitrogens with one attached hydrogen (secondary N) is 1. The number of halogens is 1. The predicted molar refractivity (Wildman–Crippen MR) is 84.4 cm³/mol. The lowest BCUT2D eigenvalue weighted by atomic mass is 10.0. The van der Waals surface area contributed by atoms with Crippen LogP contribution in [-0.4, -0.2) is 25.5 Å². The van der Waals surface area contributed by atoms with Crippen LogP contribution in [0, 0.1) is 5.82 Å². The summed E-state index contributed by atoms with van der Waals surface area (Å²) in [5, 5.41) is 8.53. The Labute approximate surface area is 131 Å². The number of fused-ring (bicyclic) bond motifs is 2. The minimum absolute atomic E-state index is 0.0465. The van der Waals surface area contributed by atoms with Gasteiger partial charge in [0.2, 0.25) is 0 Å². The Morgan fingerprint density at radius 2 is 2.27 bits per heavy atom. The fourth-order valence-corrected chi connectivity index (χ4v) is 3.86. The summed E-state index contributed by atoms with van der Waals surface area (Å²) < 4.78 is 15.3. The molecule has 0 fully saturated rings. The SMILES string of the molecule is Cn1ncc2c(N[C@H]3CCSc4ccc(F)cc43)ncnc21. The first-order valence-electron chi connectivity index (χ1n) is 7.04. The van der Waals surface area contributed by atoms with Gasteiger partial charge in [0, 0.05) is 17.7 Å². The summed E-state index contributed by atoms with van der Waals surface area (Å²) in [6, 6.07) is 5.02. The van der Waals surface area contributed by atoms with Crippen molar-refractivity contribution in [2.75, 3.05) is 11.1 Å². The molecule has 2 aromatic heterocycles. The van der Waals surface area contributed by atoms with Gasteiger partial charge in [0.25, 0.3) is 0 Å². The second-order valence-corrected chi connectivity index (χ2v) is 6.38. The molecule has 1 aromatic carbocycles. The van der Waals surface area contributed by atoms with E-state index in [1.54, 1.807) is 28.7 Å². The fourth-order valence-electron chi connectivity index (χ4n) is 2.76. The van der Waals surface area contributed by atoms with Crippen molar-refractivity contribution in [1.29, 1.82) is 0 Å². The van der Waals surface area contributed by atoms with Crippen molar-refractivity contribution in [1.82, 2.24) is 19.7 Å². The number of aryl methyl sites for hydroxylation is 1. The molecule has 0 spiro atoms. The van der Waals surface area contributed by atoms with Gasteiger partial charge in [-0.05, 0) is 30.2 Å². The smallest absolute Gasteiger partial charge is 0.163 e. The Hall–Kier alpha value is -2.15. The van der Waals surface area contributed by atoms with Crippen molar-refractivity contribution >= 4 is 28.6 Å². The molecular formula is C15H14FN5S. The van der Waals surface area contributed by atoms with Crippen LogP contribution < -0.4 is 5.32 Å². The molecule has 0 radical (unpaired) electrons. The zero-order valence-electron chi connectivity index (χ0n) is 12.0. The summed E-state index contributed by atoms with van der Waals surface area (Å²) >= 11 is 1.76. The normalized spacial score (nSPS) is 17.5. The highest BCUT2D eigenvalue weighted by atomic mass is 32.2. The van der Waals surface area contributed by atoms with E-state index >= 15 is 0 Å². The topological polar surface area (TPSA) is 55.6 Å². The van der Waals surface area contributed by atoms with Crippen molar-refractivity contribution in [3.8, 4) is 0 Å². The van der Waals surface area contributed by atoms with Gasteiger partial charge < -0.3 is 5.32 Å². The van der Waals surface area contributed by atoms with Crippen LogP contribution in [0.1, 0.15) is 18.0 Å². The fraction of sp³-hybridized carbons (Fsp3) is 0.267. The maximum atomic E-state index is 13.6. The lowest BCUT2D eigenvalue weighted by Gasteiger charge is -2.26. The molecule has 0 saturated heterocycles. The summed E-state index contributed by atoms with van der Waals surface area (Å²) in [4.78, 5) is 9.70. The van der Waals surface area contributed by atoms with E-state index in [4.69, 9.17) is 0 Å². The van der Waals surface area contributed by atoms with Crippen molar-refractivity contribution in [2.45, 2.75) is 17.4 Å². The van der Waals surface area contributed by atoms with Crippen LogP contribution in [0.3, 0.4) is 0 Å². The van der Waals surface area contributed by atoms with Gasteiger partial charge >= 0.3 is 0 Å². The monoisotopic (exact) mass is 315 g/mol. The van der Waals surface area contributed by atoms with Crippen molar-refractivity contribution in [3.63, 3.8) is 0 Å². The first-order chi connectivity index (χ1) is 10.7. The number of nitrogens with zero attached hydrogens (tertiary/aromatic N) is 4. The van der Waals surface area contributed by atoms with Gasteiger partial charge in [0.1, 0.15) is 18.0 Å². The highest BCUT2D eigenvalue weighted by Crippen LogP contribution is 2.38. The lowest BCUT2D eigenvalue weighted by Crippen LogP contribution is -2.17. The van der Waals surface area contributed by atoms with Crippen LogP contribution in [0.5, 0.6) is 0 Å². The van der Waals surface area contributed by atoms with E-state index in [1.165, 1.54) is 12.4 Å². The van der Waals surface area contributed by atoms with Gasteiger partial charge in [-0.3, -0.25) is 4.68 Å². The van der Waals surface area contributed by atoms with E-state index in [1.807, 2.05) is 13.1 Å². The molecule has 4 rings (SSSR count). The summed E-state index contributed by atoms with van der Waals surface area (Å²) in [6.07, 6.45) is 4.20. The molecule has 0 aliphatic carbocycles. The number of rotatable bonds is 2. The van der Waals surface area contributed by atoms with E-state index in [2.05, 4.69) is 20.4 Å². The summed E-state index contributed by atoms with van der Waals surface area (Å²) in [5.41, 5.74) is 1.77. The maximum absolute atomic E-state index is 13.6. The van der Waals surface area contributed by atoms with Crippen molar-refractivity contribution in [3.05, 3.63) is 42.1 Å². The number of thioether (sulfide) groups is 1. The van der Waals surface area contributed by atoms with Crippen LogP contribution in [0.2, 0.25) is 0 Å². The number of hydrogen-bond donors (Lipinski definition) is 1. The van der Waals surface area contributed by atoms with Gasteiger partial charge in [-0.1, -0.05) is 0 Å². The largest absolute Gasteiger partial charge is 0.362 e. The summed E-state index contributed by atoms with van der Waals surface area (Å²) in [7, 11) is 1.85. The third-order valence-electron chi connectivity index (χ3n) is 3.85. The molecule has 1 aliphatic rings. The van der Waals surface area contributed by atoms with Gasteiger partial charge in [-0.15, -0.1) is 11.8 Å². The average Bonchev–Trinajstić information content (AvgIpc) is 2.91. The quantitative estimate of drug-likeness (QED) is 0.787. The van der Waals surface area contributed by atoms with E-state index in [0.717, 1.165) is 39.5 Å². The number of anilines is 1. The highest BCUT2D eigenvalue weighted by Gasteiger charge is 2.22. The molecule has 1 aliphatic heterocycles. The van der Waals surface area contributed by atoms with Crippen molar-refractivity contribution in [2.24, 2.45) is 7.05 Å². The Morgan fingerprint density at radius 3 is 3.18 bits per heavy atom. The lowest BCUT2D eigenvalue weighted by molar-refractivity contribution is 0.616. The van der Waals surface area contributed by atoms with Crippen LogP contribution in [-0.2, 0) is 7.05 Å². The Kier molecular flexibility index (Phi) is 3.22. The van der Waals surface area contributed by atoms with Gasteiger partial charge in [-0.25, -0.2) is 14.4 Å². The number of hydrogen-bond acceptors (Lipinski definition) is 5. The zero-order chi connectivity index (χ0) is 15.1. The molecule has 112 valence electrons. The molecular weight excluding hydrogens is 301 g/mol. The van der Waals surface area contributed by atoms with E-state index < -0.39 is 0 Å². The standard InChI is InChI=1S/C15H14FN5S/c1-21-15-11(7-19-21)14(17-8-18-15)20-12-4-5-22-13-3-2-9(16)6-10(12)13/h2-3,6-8,12H,4-5H2,1H3,(H,17,18,20)/t12-/m0/s1. The minimum Gasteiger partial charge on any atom is -0.362 e. The Balaban J connectivity index is 1.74. The molecule has 0 bridgehead atoms. The van der Waals surface area contributed by atoms with E-state index in [0.29, 0.717) is 0 Å². The number of benzene rings is 1. The Bertz CT molecular complexity index is 847. The van der Waals surface area contributed by atoms with E-state index in [9.17, 15) is 4.39 Å². The molecule has 1 atom stereocenters. The van der Waals surface area contributed by atoms with Crippen LogP contribution in [0.4, 0.5) is 10.2 Å². The second kappa shape index (κ2) is 5.24. The van der Waals surface area contributed by atoms with Gasteiger partial charge in [-0.2, -0.15) is 5.10 Å². The zero-order valence-corrected chi connectivity index (χ0v) is 12.8. The molecule has 3 heterocycles. The first kappa shape index (κ1) is 13.5. The predicted octanol–water partition coefficient (Wildman–Crippen LogP) is 3.15. The third kappa shape index (κ3) is 2.21. The number of aromatic nitrogens is 4. The molecule has 1 N–H and O–H groups in total. The molecule has 0 saturated carbocycles. The Morgan fingerprint density at radius 1 is 1.36 bits per heavy atom. The van der Waals surface area contributed by atoms with Crippen molar-refractivity contribution < 1.29 is 4.39 Å². The molecule has 0 unspecified atom stereocenters.